The first kappa shape index (κ1) is 23.6. The van der Waals surface area contributed by atoms with Crippen LogP contribution in [0.25, 0.3) is 5.65 Å². The van der Waals surface area contributed by atoms with E-state index in [4.69, 9.17) is 10.6 Å². The minimum absolute atomic E-state index is 0.122. The molecule has 3 aromatic heterocycles. The summed E-state index contributed by atoms with van der Waals surface area (Å²) in [5.74, 6) is -2.18. The molecule has 2 aliphatic rings. The van der Waals surface area contributed by atoms with Crippen LogP contribution < -0.4 is 21.2 Å². The molecule has 2 amide bonds. The van der Waals surface area contributed by atoms with Crippen LogP contribution in [0.15, 0.2) is 51.1 Å². The number of amides is 2. The fraction of sp³-hybridized carbons (Fsp3) is 0.250. The SMILES string of the molecule is CO/N=C(\C(=O)N[C@@H]1C(=O)N2C(C(=O)O)=C(C[n+]3ccn4[nH]c(=O)ccc43)CS[C@H]12)c1csc(N)n1. The molecule has 1 saturated heterocycles. The van der Waals surface area contributed by atoms with Gasteiger partial charge in [0.15, 0.2) is 17.0 Å². The van der Waals surface area contributed by atoms with Crippen molar-refractivity contribution in [3.05, 3.63) is 57.2 Å². The van der Waals surface area contributed by atoms with Gasteiger partial charge >= 0.3 is 11.6 Å². The van der Waals surface area contributed by atoms with Crippen molar-refractivity contribution in [2.75, 3.05) is 18.6 Å². The lowest BCUT2D eigenvalue weighted by Crippen LogP contribution is -2.71. The number of oxime groups is 1. The average Bonchev–Trinajstić information content (AvgIpc) is 3.45. The van der Waals surface area contributed by atoms with E-state index in [1.54, 1.807) is 23.0 Å². The number of nitrogens with one attached hydrogen (secondary N) is 2. The largest absolute Gasteiger partial charge is 0.477 e. The summed E-state index contributed by atoms with van der Waals surface area (Å²) < 4.78 is 3.29. The molecule has 0 radical (unpaired) electrons. The van der Waals surface area contributed by atoms with E-state index in [1.807, 2.05) is 0 Å². The number of carboxylic acid groups (broad SMARTS) is 1. The van der Waals surface area contributed by atoms with Crippen molar-refractivity contribution < 1.29 is 28.9 Å². The van der Waals surface area contributed by atoms with E-state index in [9.17, 15) is 24.3 Å². The lowest BCUT2D eigenvalue weighted by atomic mass is 10.0. The van der Waals surface area contributed by atoms with E-state index in [1.165, 1.54) is 39.7 Å². The average molecular weight is 532 g/mol. The number of hydrogen-bond donors (Lipinski definition) is 4. The van der Waals surface area contributed by atoms with Crippen molar-refractivity contribution in [1.82, 2.24) is 24.8 Å². The second-order valence-corrected chi connectivity index (χ2v) is 9.77. The Hall–Kier alpha value is -4.18. The van der Waals surface area contributed by atoms with Gasteiger partial charge in [0.1, 0.15) is 42.7 Å². The predicted molar refractivity (Wildman–Crippen MR) is 128 cm³/mol. The number of carboxylic acids is 1. The number of nitrogens with two attached hydrogens (primary N) is 1. The summed E-state index contributed by atoms with van der Waals surface area (Å²) in [6, 6.07) is 2.04. The molecule has 36 heavy (non-hydrogen) atoms. The van der Waals surface area contributed by atoms with Crippen LogP contribution in [0.1, 0.15) is 5.69 Å². The van der Waals surface area contributed by atoms with Gasteiger partial charge in [-0.3, -0.25) is 19.3 Å². The van der Waals surface area contributed by atoms with Gasteiger partial charge in [0.2, 0.25) is 0 Å². The van der Waals surface area contributed by atoms with Crippen molar-refractivity contribution in [2.45, 2.75) is 18.0 Å². The van der Waals surface area contributed by atoms with Gasteiger partial charge in [0, 0.05) is 28.8 Å². The molecule has 5 rings (SSSR count). The number of nitrogens with zero attached hydrogens (tertiary/aromatic N) is 5. The zero-order valence-electron chi connectivity index (χ0n) is 18.6. The van der Waals surface area contributed by atoms with Crippen molar-refractivity contribution >= 4 is 57.4 Å². The number of carbonyl (C=O) groups is 3. The number of rotatable bonds is 7. The number of imidazole rings is 1. The van der Waals surface area contributed by atoms with E-state index in [-0.39, 0.29) is 34.3 Å². The van der Waals surface area contributed by atoms with E-state index >= 15 is 0 Å². The first-order valence-corrected chi connectivity index (χ1v) is 12.3. The van der Waals surface area contributed by atoms with Crippen molar-refractivity contribution in [3.63, 3.8) is 0 Å². The number of hydrogen-bond acceptors (Lipinski definition) is 10. The lowest BCUT2D eigenvalue weighted by Gasteiger charge is -2.49. The Labute approximate surface area is 210 Å². The minimum atomic E-state index is -1.24. The van der Waals surface area contributed by atoms with E-state index in [2.05, 4.69) is 20.6 Å². The highest BCUT2D eigenvalue weighted by Gasteiger charge is 2.54. The summed E-state index contributed by atoms with van der Waals surface area (Å²) >= 11 is 2.46. The van der Waals surface area contributed by atoms with Gasteiger partial charge in [-0.2, -0.15) is 5.10 Å². The van der Waals surface area contributed by atoms with Crippen LogP contribution in [0.4, 0.5) is 5.13 Å². The van der Waals surface area contributed by atoms with Gasteiger partial charge in [0.05, 0.1) is 0 Å². The number of aliphatic carboxylic acids is 1. The Bertz CT molecular complexity index is 1520. The Balaban J connectivity index is 1.38. The van der Waals surface area contributed by atoms with Crippen LogP contribution in [-0.2, 0) is 25.8 Å². The van der Waals surface area contributed by atoms with Crippen molar-refractivity contribution in [1.29, 1.82) is 0 Å². The van der Waals surface area contributed by atoms with Gasteiger partial charge in [0.25, 0.3) is 17.4 Å². The highest BCUT2D eigenvalue weighted by Crippen LogP contribution is 2.40. The number of aromatic nitrogens is 4. The minimum Gasteiger partial charge on any atom is -0.477 e. The standard InChI is InChI=1S/C20H18N8O6S2/c1-34-25-13(10-8-36-20(21)22-10)16(30)23-14-17(31)28-15(19(32)33)9(7-35-18(14)28)6-26-4-5-27-12(26)3-2-11(29)24-27/h2-5,8,14,18H,6-7H2,1H3,(H4-,21,22,23,24,29,30,32,33)/p+1/b25-13-/t14-,18-/m1/s1. The molecule has 0 saturated carbocycles. The van der Waals surface area contributed by atoms with E-state index < -0.39 is 29.2 Å². The molecule has 3 aromatic rings. The van der Waals surface area contributed by atoms with Crippen LogP contribution in [0.3, 0.4) is 0 Å². The maximum Gasteiger partial charge on any atom is 0.352 e. The van der Waals surface area contributed by atoms with Crippen molar-refractivity contribution in [3.8, 4) is 0 Å². The Kier molecular flexibility index (Phi) is 5.97. The lowest BCUT2D eigenvalue weighted by molar-refractivity contribution is -0.662. The zero-order chi connectivity index (χ0) is 25.6. The number of thiazole rings is 1. The summed E-state index contributed by atoms with van der Waals surface area (Å²) in [4.78, 5) is 59.6. The third-order valence-electron chi connectivity index (χ3n) is 5.61. The number of aromatic amines is 1. The molecular weight excluding hydrogens is 512 g/mol. The zero-order valence-corrected chi connectivity index (χ0v) is 20.2. The Morgan fingerprint density at radius 3 is 2.92 bits per heavy atom. The fourth-order valence-corrected chi connectivity index (χ4v) is 5.94. The number of fused-ring (bicyclic) bond motifs is 2. The smallest absolute Gasteiger partial charge is 0.352 e. The monoisotopic (exact) mass is 531 g/mol. The Morgan fingerprint density at radius 1 is 1.42 bits per heavy atom. The second-order valence-electron chi connectivity index (χ2n) is 7.78. The van der Waals surface area contributed by atoms with Crippen LogP contribution in [0, 0.1) is 0 Å². The summed E-state index contributed by atoms with van der Waals surface area (Å²) in [6.45, 7) is 0.195. The number of thioether (sulfide) groups is 1. The number of carbonyl (C=O) groups excluding carboxylic acids is 2. The number of nitrogen functional groups attached to an aromatic ring is 1. The van der Waals surface area contributed by atoms with Crippen LogP contribution in [-0.4, -0.2) is 72.4 Å². The molecule has 14 nitrogen and oxygen atoms in total. The summed E-state index contributed by atoms with van der Waals surface area (Å²) in [6.07, 6.45) is 3.35. The number of anilines is 1. The van der Waals surface area contributed by atoms with Gasteiger partial charge in [-0.05, 0) is 0 Å². The molecule has 0 spiro atoms. The van der Waals surface area contributed by atoms with E-state index in [0.29, 0.717) is 17.0 Å². The van der Waals surface area contributed by atoms with Gasteiger partial charge < -0.3 is 21.0 Å². The van der Waals surface area contributed by atoms with Crippen molar-refractivity contribution in [2.24, 2.45) is 5.16 Å². The topological polar surface area (TPSA) is 188 Å². The van der Waals surface area contributed by atoms with Crippen LogP contribution >= 0.6 is 23.1 Å². The number of H-pyrrole nitrogens is 1. The summed E-state index contributed by atoms with van der Waals surface area (Å²) in [5, 5.41) is 20.1. The number of β-lactam (4-membered cyclic amide) rings is 1. The molecular formula is C20H19N8O6S2+. The normalized spacial score (nSPS) is 19.8. The molecule has 0 aliphatic carbocycles. The third kappa shape index (κ3) is 3.99. The molecule has 0 unspecified atom stereocenters. The molecule has 0 bridgehead atoms. The summed E-state index contributed by atoms with van der Waals surface area (Å²) in [5.41, 5.74) is 6.45. The molecule has 1 fully saturated rings. The van der Waals surface area contributed by atoms with Gasteiger partial charge in [-0.1, -0.05) is 5.16 Å². The van der Waals surface area contributed by atoms with Gasteiger partial charge in [-0.25, -0.2) is 14.3 Å². The molecule has 16 heteroatoms. The highest BCUT2D eigenvalue weighted by molar-refractivity contribution is 8.00. The predicted octanol–water partition coefficient (Wildman–Crippen LogP) is -1.26. The van der Waals surface area contributed by atoms with Crippen LogP contribution in [0.5, 0.6) is 0 Å². The third-order valence-corrected chi connectivity index (χ3v) is 7.62. The van der Waals surface area contributed by atoms with Crippen LogP contribution in [0.2, 0.25) is 0 Å². The van der Waals surface area contributed by atoms with E-state index in [0.717, 1.165) is 11.3 Å². The maximum absolute atomic E-state index is 13.0. The van der Waals surface area contributed by atoms with Gasteiger partial charge in [-0.15, -0.1) is 27.6 Å². The molecule has 2 aliphatic heterocycles. The molecule has 0 aromatic carbocycles. The summed E-state index contributed by atoms with van der Waals surface area (Å²) in [7, 11) is 1.27. The fourth-order valence-electron chi connectivity index (χ4n) is 4.06. The molecule has 2 atom stereocenters. The quantitative estimate of drug-likeness (QED) is 0.125. The maximum atomic E-state index is 13.0. The molecule has 186 valence electrons. The second kappa shape index (κ2) is 9.12. The first-order chi connectivity index (χ1) is 17.3. The molecule has 5 N–H and O–H groups in total. The Morgan fingerprint density at radius 2 is 2.22 bits per heavy atom. The first-order valence-electron chi connectivity index (χ1n) is 10.4. The highest BCUT2D eigenvalue weighted by atomic mass is 32.2. The molecule has 5 heterocycles.